The normalized spacial score (nSPS) is 14.4. The number of carbonyl (C=O) groups is 4. The lowest BCUT2D eigenvalue weighted by atomic mass is 10.0. The number of rotatable bonds is 13. The zero-order chi connectivity index (χ0) is 26.9. The van der Waals surface area contributed by atoms with Crippen molar-refractivity contribution in [2.75, 3.05) is 11.5 Å². The van der Waals surface area contributed by atoms with E-state index in [-0.39, 0.29) is 24.3 Å². The molecular formula is C23H29N7O5S2. The summed E-state index contributed by atoms with van der Waals surface area (Å²) in [5.41, 5.74) is 7.97. The lowest BCUT2D eigenvalue weighted by Gasteiger charge is -2.24. The third-order valence-electron chi connectivity index (χ3n) is 5.67. The van der Waals surface area contributed by atoms with Crippen LogP contribution in [0.3, 0.4) is 0 Å². The number of para-hydroxylation sites is 1. The van der Waals surface area contributed by atoms with Gasteiger partial charge in [-0.05, 0) is 11.6 Å². The van der Waals surface area contributed by atoms with Crippen LogP contribution in [0.15, 0.2) is 43.0 Å². The Bertz CT molecular complexity index is 1230. The van der Waals surface area contributed by atoms with E-state index in [4.69, 9.17) is 5.73 Å². The first-order chi connectivity index (χ1) is 17.7. The maximum absolute atomic E-state index is 13.5. The van der Waals surface area contributed by atoms with Gasteiger partial charge in [-0.25, -0.2) is 9.78 Å². The van der Waals surface area contributed by atoms with Crippen molar-refractivity contribution < 1.29 is 24.3 Å². The minimum absolute atomic E-state index is 0.000386. The molecule has 0 aliphatic heterocycles. The molecule has 8 N–H and O–H groups in total. The molecule has 14 heteroatoms. The van der Waals surface area contributed by atoms with Gasteiger partial charge in [0.25, 0.3) is 0 Å². The lowest BCUT2D eigenvalue weighted by molar-refractivity contribution is -0.141. The number of aliphatic carboxylic acids is 1. The fraction of sp³-hybridized carbons (Fsp3) is 0.348. The zero-order valence-corrected chi connectivity index (χ0v) is 21.5. The fourth-order valence-electron chi connectivity index (χ4n) is 3.65. The van der Waals surface area contributed by atoms with E-state index in [1.54, 1.807) is 6.20 Å². The Kier molecular flexibility index (Phi) is 10.00. The highest BCUT2D eigenvalue weighted by Gasteiger charge is 2.31. The van der Waals surface area contributed by atoms with Crippen molar-refractivity contribution in [1.82, 2.24) is 30.9 Å². The summed E-state index contributed by atoms with van der Waals surface area (Å²) in [5, 5.41) is 17.8. The van der Waals surface area contributed by atoms with Gasteiger partial charge in [0.1, 0.15) is 18.1 Å². The van der Waals surface area contributed by atoms with Crippen molar-refractivity contribution in [3.63, 3.8) is 0 Å². The third-order valence-corrected chi connectivity index (χ3v) is 6.43. The van der Waals surface area contributed by atoms with Crippen molar-refractivity contribution in [2.45, 2.75) is 37.0 Å². The number of carbonyl (C=O) groups excluding carboxylic acids is 3. The first-order valence-electron chi connectivity index (χ1n) is 11.4. The van der Waals surface area contributed by atoms with Crippen molar-refractivity contribution >= 4 is 59.9 Å². The van der Waals surface area contributed by atoms with Crippen molar-refractivity contribution in [3.05, 3.63) is 54.2 Å². The molecule has 0 saturated carbocycles. The summed E-state index contributed by atoms with van der Waals surface area (Å²) >= 11 is 8.01. The summed E-state index contributed by atoms with van der Waals surface area (Å²) in [7, 11) is 0. The van der Waals surface area contributed by atoms with Crippen LogP contribution in [0.4, 0.5) is 0 Å². The van der Waals surface area contributed by atoms with Crippen LogP contribution in [0.2, 0.25) is 0 Å². The molecule has 3 amide bonds. The average molecular weight is 548 g/mol. The van der Waals surface area contributed by atoms with Gasteiger partial charge in [0.15, 0.2) is 0 Å². The second kappa shape index (κ2) is 13.2. The number of nitrogens with zero attached hydrogens (tertiary/aromatic N) is 1. The predicted molar refractivity (Wildman–Crippen MR) is 143 cm³/mol. The zero-order valence-electron chi connectivity index (χ0n) is 19.7. The number of nitrogens with one attached hydrogen (secondary N) is 5. The highest BCUT2D eigenvalue weighted by Crippen LogP contribution is 2.19. The molecule has 2 aromatic heterocycles. The molecule has 12 nitrogen and oxygen atoms in total. The maximum Gasteiger partial charge on any atom is 0.327 e. The molecule has 1 aromatic carbocycles. The van der Waals surface area contributed by atoms with Crippen LogP contribution in [0.1, 0.15) is 11.3 Å². The van der Waals surface area contributed by atoms with Gasteiger partial charge in [-0.2, -0.15) is 25.3 Å². The molecule has 0 aliphatic carbocycles. The van der Waals surface area contributed by atoms with Gasteiger partial charge in [-0.3, -0.25) is 14.4 Å². The Morgan fingerprint density at radius 1 is 0.919 bits per heavy atom. The van der Waals surface area contributed by atoms with Gasteiger partial charge < -0.3 is 36.8 Å². The number of amides is 3. The molecule has 4 unspecified atom stereocenters. The minimum atomic E-state index is -1.26. The van der Waals surface area contributed by atoms with E-state index in [1.165, 1.54) is 12.5 Å². The number of hydrogen-bond acceptors (Lipinski definition) is 8. The number of aromatic nitrogens is 3. The number of aromatic amines is 2. The van der Waals surface area contributed by atoms with E-state index in [1.807, 2.05) is 24.3 Å². The number of carboxylic acid groups (broad SMARTS) is 1. The monoisotopic (exact) mass is 547 g/mol. The van der Waals surface area contributed by atoms with Gasteiger partial charge >= 0.3 is 5.97 Å². The SMILES string of the molecule is NC(CS)C(=O)NC(Cc1c[nH]c2ccccc12)C(=O)NC(Cc1cnc[nH]1)C(=O)NC(CS)C(=O)O. The third kappa shape index (κ3) is 7.50. The summed E-state index contributed by atoms with van der Waals surface area (Å²) in [6.45, 7) is 0. The molecule has 198 valence electrons. The molecule has 0 fully saturated rings. The first-order valence-corrected chi connectivity index (χ1v) is 12.6. The first kappa shape index (κ1) is 28.1. The number of carboxylic acids is 1. The average Bonchev–Trinajstić information content (AvgIpc) is 3.55. The quantitative estimate of drug-likeness (QED) is 0.127. The van der Waals surface area contributed by atoms with Crippen LogP contribution in [0.25, 0.3) is 10.9 Å². The smallest absolute Gasteiger partial charge is 0.327 e. The second-order valence-electron chi connectivity index (χ2n) is 8.34. The Morgan fingerprint density at radius 2 is 1.57 bits per heavy atom. The molecular weight excluding hydrogens is 518 g/mol. The molecule has 3 rings (SSSR count). The summed E-state index contributed by atoms with van der Waals surface area (Å²) < 4.78 is 0. The topological polar surface area (TPSA) is 195 Å². The molecule has 3 aromatic rings. The number of fused-ring (bicyclic) bond motifs is 1. The summed E-state index contributed by atoms with van der Waals surface area (Å²) in [6.07, 6.45) is 4.75. The molecule has 0 spiro atoms. The van der Waals surface area contributed by atoms with Crippen LogP contribution >= 0.6 is 25.3 Å². The van der Waals surface area contributed by atoms with E-state index >= 15 is 0 Å². The van der Waals surface area contributed by atoms with Crippen molar-refractivity contribution in [3.8, 4) is 0 Å². The highest BCUT2D eigenvalue weighted by molar-refractivity contribution is 7.80. The maximum atomic E-state index is 13.5. The molecule has 0 aliphatic rings. The van der Waals surface area contributed by atoms with E-state index < -0.39 is 47.9 Å². The van der Waals surface area contributed by atoms with Gasteiger partial charge in [-0.15, -0.1) is 0 Å². The second-order valence-corrected chi connectivity index (χ2v) is 9.07. The minimum Gasteiger partial charge on any atom is -0.480 e. The van der Waals surface area contributed by atoms with Crippen LogP contribution < -0.4 is 21.7 Å². The van der Waals surface area contributed by atoms with Crippen LogP contribution in [0, 0.1) is 0 Å². The Hall–Kier alpha value is -3.49. The molecule has 4 atom stereocenters. The molecule has 0 bridgehead atoms. The van der Waals surface area contributed by atoms with Crippen LogP contribution in [0.5, 0.6) is 0 Å². The largest absolute Gasteiger partial charge is 0.480 e. The van der Waals surface area contributed by atoms with E-state index in [9.17, 15) is 24.3 Å². The standard InChI is InChI=1S/C23H29N7O5S2/c24-15(9-36)20(31)28-17(5-12-7-26-16-4-2-1-3-14(12)16)21(32)29-18(6-13-8-25-11-27-13)22(33)30-19(10-37)23(34)35/h1-4,7-8,11,15,17-19,26,36-37H,5-6,9-10,24H2,(H,25,27)(H,28,31)(H,29,32)(H,30,33)(H,34,35). The Morgan fingerprint density at radius 3 is 2.19 bits per heavy atom. The van der Waals surface area contributed by atoms with Crippen LogP contribution in [-0.2, 0) is 32.0 Å². The fourth-order valence-corrected chi connectivity index (χ4v) is 4.06. The van der Waals surface area contributed by atoms with E-state index in [2.05, 4.69) is 56.2 Å². The summed E-state index contributed by atoms with van der Waals surface area (Å²) in [6, 6.07) is 3.03. The number of H-pyrrole nitrogens is 2. The summed E-state index contributed by atoms with van der Waals surface area (Å²) in [5.74, 6) is -3.30. The van der Waals surface area contributed by atoms with Gasteiger partial charge in [-0.1, -0.05) is 18.2 Å². The summed E-state index contributed by atoms with van der Waals surface area (Å²) in [4.78, 5) is 60.3. The number of benzene rings is 1. The van der Waals surface area contributed by atoms with Crippen molar-refractivity contribution in [1.29, 1.82) is 0 Å². The van der Waals surface area contributed by atoms with E-state index in [0.717, 1.165) is 16.5 Å². The van der Waals surface area contributed by atoms with Crippen molar-refractivity contribution in [2.24, 2.45) is 5.73 Å². The molecule has 2 heterocycles. The Labute approximate surface area is 223 Å². The lowest BCUT2D eigenvalue weighted by Crippen LogP contribution is -2.58. The highest BCUT2D eigenvalue weighted by atomic mass is 32.1. The Balaban J connectivity index is 1.85. The number of nitrogens with two attached hydrogens (primary N) is 1. The number of hydrogen-bond donors (Lipinski definition) is 9. The number of imidazole rings is 1. The van der Waals surface area contributed by atoms with Gasteiger partial charge in [0.05, 0.1) is 12.4 Å². The van der Waals surface area contributed by atoms with Crippen LogP contribution in [-0.4, -0.2) is 79.4 Å². The van der Waals surface area contributed by atoms with E-state index in [0.29, 0.717) is 5.69 Å². The predicted octanol–water partition coefficient (Wildman–Crippen LogP) is -0.598. The number of thiol groups is 2. The van der Waals surface area contributed by atoms with Gasteiger partial charge in [0, 0.05) is 53.3 Å². The molecule has 0 radical (unpaired) electrons. The molecule has 0 saturated heterocycles. The molecule has 37 heavy (non-hydrogen) atoms. The van der Waals surface area contributed by atoms with Gasteiger partial charge in [0.2, 0.25) is 17.7 Å².